The van der Waals surface area contributed by atoms with E-state index in [0.29, 0.717) is 44.1 Å². The average Bonchev–Trinajstić information content (AvgIpc) is 2.71. The third-order valence-corrected chi connectivity index (χ3v) is 5.23. The Morgan fingerprint density at radius 1 is 1.11 bits per heavy atom. The van der Waals surface area contributed by atoms with Crippen molar-refractivity contribution >= 4 is 17.5 Å². The Labute approximate surface area is 159 Å². The second kappa shape index (κ2) is 8.08. The molecule has 144 valence electrons. The van der Waals surface area contributed by atoms with Gasteiger partial charge in [-0.3, -0.25) is 0 Å². The lowest BCUT2D eigenvalue weighted by atomic mass is 10.0. The maximum Gasteiger partial charge on any atom is 0.225 e. The van der Waals surface area contributed by atoms with E-state index in [1.54, 1.807) is 0 Å². The fourth-order valence-electron chi connectivity index (χ4n) is 3.71. The molecule has 0 aliphatic carbocycles. The van der Waals surface area contributed by atoms with Gasteiger partial charge in [0, 0.05) is 37.9 Å². The molecule has 0 bridgehead atoms. The number of benzene rings is 1. The van der Waals surface area contributed by atoms with Gasteiger partial charge in [0.25, 0.3) is 0 Å². The van der Waals surface area contributed by atoms with Gasteiger partial charge < -0.3 is 19.9 Å². The highest BCUT2D eigenvalue weighted by Gasteiger charge is 2.22. The van der Waals surface area contributed by atoms with Crippen molar-refractivity contribution in [1.29, 1.82) is 0 Å². The van der Waals surface area contributed by atoms with E-state index in [0.717, 1.165) is 25.9 Å². The first-order valence-corrected chi connectivity index (χ1v) is 9.62. The number of halogens is 1. The maximum absolute atomic E-state index is 14.2. The van der Waals surface area contributed by atoms with Gasteiger partial charge in [-0.15, -0.1) is 0 Å². The van der Waals surface area contributed by atoms with Gasteiger partial charge in [-0.1, -0.05) is 12.1 Å². The van der Waals surface area contributed by atoms with Crippen molar-refractivity contribution in [1.82, 2.24) is 9.97 Å². The van der Waals surface area contributed by atoms with Crippen LogP contribution in [0, 0.1) is 12.7 Å². The minimum atomic E-state index is -0.378. The van der Waals surface area contributed by atoms with Crippen molar-refractivity contribution in [2.45, 2.75) is 25.8 Å². The number of rotatable bonds is 4. The number of aromatic nitrogens is 2. The van der Waals surface area contributed by atoms with E-state index >= 15 is 0 Å². The van der Waals surface area contributed by atoms with Gasteiger partial charge in [-0.05, 0) is 37.5 Å². The minimum absolute atomic E-state index is 0.300. The molecule has 0 amide bonds. The Balaban J connectivity index is 1.37. The van der Waals surface area contributed by atoms with Crippen LogP contribution >= 0.6 is 0 Å². The predicted octanol–water partition coefficient (Wildman–Crippen LogP) is 2.84. The van der Waals surface area contributed by atoms with E-state index in [1.807, 2.05) is 4.90 Å². The standard InChI is InChI=1S/C20H26FN5O/c1-15-3-2-4-17(13-15)25-7-5-16(6-8-25)23-20-22-14-18(21)19(24-20)26-9-11-27-12-10-26/h2-4,13-14,16H,5-12H2,1H3,(H,22,23,24). The number of hydrogen-bond donors (Lipinski definition) is 1. The summed E-state index contributed by atoms with van der Waals surface area (Å²) >= 11 is 0. The molecule has 0 unspecified atom stereocenters. The second-order valence-corrected chi connectivity index (χ2v) is 7.21. The minimum Gasteiger partial charge on any atom is -0.378 e. The fraction of sp³-hybridized carbons (Fsp3) is 0.500. The molecular formula is C20H26FN5O. The Morgan fingerprint density at radius 2 is 1.89 bits per heavy atom. The molecule has 1 aromatic carbocycles. The molecule has 1 aromatic heterocycles. The van der Waals surface area contributed by atoms with Crippen LogP contribution in [0.15, 0.2) is 30.5 Å². The molecule has 0 saturated carbocycles. The first kappa shape index (κ1) is 18.0. The first-order valence-electron chi connectivity index (χ1n) is 9.62. The molecule has 3 heterocycles. The summed E-state index contributed by atoms with van der Waals surface area (Å²) in [6, 6.07) is 8.92. The normalized spacial score (nSPS) is 18.6. The fourth-order valence-corrected chi connectivity index (χ4v) is 3.71. The lowest BCUT2D eigenvalue weighted by Crippen LogP contribution is -2.40. The maximum atomic E-state index is 14.2. The number of ether oxygens (including phenoxy) is 1. The van der Waals surface area contributed by atoms with E-state index in [-0.39, 0.29) is 5.82 Å². The van der Waals surface area contributed by atoms with Crippen LogP contribution in [-0.2, 0) is 4.74 Å². The molecule has 0 atom stereocenters. The Morgan fingerprint density at radius 3 is 2.63 bits per heavy atom. The summed E-state index contributed by atoms with van der Waals surface area (Å²) in [7, 11) is 0. The largest absolute Gasteiger partial charge is 0.378 e. The number of nitrogens with zero attached hydrogens (tertiary/aromatic N) is 4. The van der Waals surface area contributed by atoms with E-state index in [2.05, 4.69) is 51.4 Å². The molecule has 27 heavy (non-hydrogen) atoms. The monoisotopic (exact) mass is 371 g/mol. The van der Waals surface area contributed by atoms with Crippen molar-refractivity contribution in [3.63, 3.8) is 0 Å². The van der Waals surface area contributed by atoms with Gasteiger partial charge >= 0.3 is 0 Å². The third-order valence-electron chi connectivity index (χ3n) is 5.23. The Kier molecular flexibility index (Phi) is 5.38. The van der Waals surface area contributed by atoms with Crippen molar-refractivity contribution in [3.8, 4) is 0 Å². The van der Waals surface area contributed by atoms with Crippen LogP contribution in [0.4, 0.5) is 21.8 Å². The average molecular weight is 371 g/mol. The molecule has 2 fully saturated rings. The molecule has 1 N–H and O–H groups in total. The van der Waals surface area contributed by atoms with E-state index < -0.39 is 0 Å². The summed E-state index contributed by atoms with van der Waals surface area (Å²) in [5.74, 6) is 0.497. The molecule has 0 spiro atoms. The molecule has 2 aliphatic rings. The SMILES string of the molecule is Cc1cccc(N2CCC(Nc3ncc(F)c(N4CCOCC4)n3)CC2)c1. The van der Waals surface area contributed by atoms with E-state index in [4.69, 9.17) is 4.74 Å². The van der Waals surface area contributed by atoms with Gasteiger partial charge in [0.05, 0.1) is 19.4 Å². The zero-order chi connectivity index (χ0) is 18.6. The lowest BCUT2D eigenvalue weighted by molar-refractivity contribution is 0.122. The summed E-state index contributed by atoms with van der Waals surface area (Å²) in [6.45, 7) is 6.60. The van der Waals surface area contributed by atoms with Gasteiger partial charge in [0.1, 0.15) is 0 Å². The van der Waals surface area contributed by atoms with Crippen LogP contribution < -0.4 is 15.1 Å². The number of hydrogen-bond acceptors (Lipinski definition) is 6. The molecule has 2 saturated heterocycles. The smallest absolute Gasteiger partial charge is 0.225 e. The highest BCUT2D eigenvalue weighted by Crippen LogP contribution is 2.23. The molecule has 6 nitrogen and oxygen atoms in total. The van der Waals surface area contributed by atoms with Crippen molar-refractivity contribution in [3.05, 3.63) is 41.8 Å². The summed E-state index contributed by atoms with van der Waals surface area (Å²) in [6.07, 6.45) is 3.27. The van der Waals surface area contributed by atoms with Gasteiger partial charge in [0.15, 0.2) is 11.6 Å². The number of piperidine rings is 1. The van der Waals surface area contributed by atoms with E-state index in [9.17, 15) is 4.39 Å². The highest BCUT2D eigenvalue weighted by molar-refractivity contribution is 5.49. The van der Waals surface area contributed by atoms with Crippen LogP contribution in [0.5, 0.6) is 0 Å². The first-order chi connectivity index (χ1) is 13.2. The van der Waals surface area contributed by atoms with Gasteiger partial charge in [0.2, 0.25) is 5.95 Å². The van der Waals surface area contributed by atoms with Crippen LogP contribution in [0.25, 0.3) is 0 Å². The van der Waals surface area contributed by atoms with Gasteiger partial charge in [-0.2, -0.15) is 4.98 Å². The zero-order valence-electron chi connectivity index (χ0n) is 15.7. The van der Waals surface area contributed by atoms with Crippen LogP contribution in [0.1, 0.15) is 18.4 Å². The topological polar surface area (TPSA) is 53.5 Å². The Hall–Kier alpha value is -2.41. The third kappa shape index (κ3) is 4.30. The number of aryl methyl sites for hydroxylation is 1. The van der Waals surface area contributed by atoms with E-state index in [1.165, 1.54) is 17.4 Å². The van der Waals surface area contributed by atoms with Crippen LogP contribution in [0.3, 0.4) is 0 Å². The molecule has 2 aliphatic heterocycles. The summed E-state index contributed by atoms with van der Waals surface area (Å²) in [5.41, 5.74) is 2.56. The zero-order valence-corrected chi connectivity index (χ0v) is 15.7. The van der Waals surface area contributed by atoms with Crippen LogP contribution in [0.2, 0.25) is 0 Å². The number of anilines is 3. The predicted molar refractivity (Wildman–Crippen MR) is 105 cm³/mol. The summed E-state index contributed by atoms with van der Waals surface area (Å²) in [4.78, 5) is 12.9. The molecule has 0 radical (unpaired) electrons. The summed E-state index contributed by atoms with van der Waals surface area (Å²) in [5, 5.41) is 3.40. The quantitative estimate of drug-likeness (QED) is 0.892. The van der Waals surface area contributed by atoms with Crippen molar-refractivity contribution in [2.24, 2.45) is 0 Å². The molecule has 4 rings (SSSR count). The molecule has 2 aromatic rings. The van der Waals surface area contributed by atoms with Crippen molar-refractivity contribution in [2.75, 3.05) is 54.5 Å². The molecule has 7 heteroatoms. The van der Waals surface area contributed by atoms with Crippen LogP contribution in [-0.4, -0.2) is 55.4 Å². The Bertz CT molecular complexity index is 773. The second-order valence-electron chi connectivity index (χ2n) is 7.21. The highest BCUT2D eigenvalue weighted by atomic mass is 19.1. The molecular weight excluding hydrogens is 345 g/mol. The number of morpholine rings is 1. The van der Waals surface area contributed by atoms with Crippen molar-refractivity contribution < 1.29 is 9.13 Å². The lowest BCUT2D eigenvalue weighted by Gasteiger charge is -2.34. The number of nitrogens with one attached hydrogen (secondary N) is 1. The van der Waals surface area contributed by atoms with Gasteiger partial charge in [-0.25, -0.2) is 9.37 Å². The summed E-state index contributed by atoms with van der Waals surface area (Å²) < 4.78 is 19.5.